The number of aromatic nitrogens is 2. The van der Waals surface area contributed by atoms with Crippen LogP contribution in [0.5, 0.6) is 0 Å². The quantitative estimate of drug-likeness (QED) is 0.626. The Hall–Kier alpha value is -1.13. The van der Waals surface area contributed by atoms with Gasteiger partial charge in [-0.15, -0.1) is 11.3 Å². The fraction of sp³-hybridized carbons (Fsp3) is 0.429. The second-order valence-electron chi connectivity index (χ2n) is 4.91. The zero-order valence-corrected chi connectivity index (χ0v) is 12.4. The van der Waals surface area contributed by atoms with Crippen molar-refractivity contribution in [2.24, 2.45) is 7.05 Å². The lowest BCUT2D eigenvalue weighted by Crippen LogP contribution is -2.07. The first-order chi connectivity index (χ1) is 9.16. The van der Waals surface area contributed by atoms with Crippen molar-refractivity contribution in [1.29, 1.82) is 0 Å². The highest BCUT2D eigenvalue weighted by Gasteiger charge is 2.22. The Morgan fingerprint density at radius 3 is 2.89 bits per heavy atom. The highest BCUT2D eigenvalue weighted by molar-refractivity contribution is 7.14. The second kappa shape index (κ2) is 5.10. The summed E-state index contributed by atoms with van der Waals surface area (Å²) in [5.74, 6) is -0.0110. The predicted molar refractivity (Wildman–Crippen MR) is 77.2 cm³/mol. The number of nitrogens with zero attached hydrogens (tertiary/aromatic N) is 2. The Balaban J connectivity index is 1.97. The summed E-state index contributed by atoms with van der Waals surface area (Å²) in [6, 6.07) is 2.05. The van der Waals surface area contributed by atoms with Crippen LogP contribution in [0.4, 0.5) is 0 Å². The van der Waals surface area contributed by atoms with Crippen LogP contribution >= 0.6 is 22.9 Å². The first kappa shape index (κ1) is 12.9. The van der Waals surface area contributed by atoms with Gasteiger partial charge in [0.2, 0.25) is 5.78 Å². The highest BCUT2D eigenvalue weighted by Crippen LogP contribution is 2.31. The van der Waals surface area contributed by atoms with Crippen LogP contribution in [-0.4, -0.2) is 15.6 Å². The number of hydrogen-bond donors (Lipinski definition) is 0. The van der Waals surface area contributed by atoms with E-state index in [9.17, 15) is 4.79 Å². The van der Waals surface area contributed by atoms with E-state index in [0.29, 0.717) is 10.7 Å². The van der Waals surface area contributed by atoms with Gasteiger partial charge in [-0.2, -0.15) is 5.10 Å². The molecule has 0 amide bonds. The minimum atomic E-state index is -0.0110. The average molecular weight is 295 g/mol. The highest BCUT2D eigenvalue weighted by atomic mass is 35.5. The van der Waals surface area contributed by atoms with E-state index in [2.05, 4.69) is 11.2 Å². The van der Waals surface area contributed by atoms with Crippen molar-refractivity contribution in [3.05, 3.63) is 38.3 Å². The minimum absolute atomic E-state index is 0.0110. The first-order valence-corrected chi connectivity index (χ1v) is 7.70. The zero-order chi connectivity index (χ0) is 13.4. The van der Waals surface area contributed by atoms with E-state index in [1.165, 1.54) is 35.9 Å². The number of thiophene rings is 1. The second-order valence-corrected chi connectivity index (χ2v) is 6.46. The van der Waals surface area contributed by atoms with Crippen molar-refractivity contribution >= 4 is 28.7 Å². The lowest BCUT2D eigenvalue weighted by Gasteiger charge is -1.99. The number of ketones is 1. The van der Waals surface area contributed by atoms with Crippen molar-refractivity contribution in [2.45, 2.75) is 32.1 Å². The van der Waals surface area contributed by atoms with Gasteiger partial charge in [-0.3, -0.25) is 9.48 Å². The number of carbonyl (C=O) groups excluding carboxylic acids is 1. The Morgan fingerprint density at radius 1 is 1.37 bits per heavy atom. The number of halogens is 1. The Bertz CT molecular complexity index is 586. The van der Waals surface area contributed by atoms with Gasteiger partial charge in [-0.25, -0.2) is 0 Å². The van der Waals surface area contributed by atoms with Crippen LogP contribution in [0.3, 0.4) is 0 Å². The van der Waals surface area contributed by atoms with Gasteiger partial charge in [0, 0.05) is 11.9 Å². The lowest BCUT2D eigenvalue weighted by molar-refractivity contribution is 0.103. The lowest BCUT2D eigenvalue weighted by atomic mass is 10.1. The summed E-state index contributed by atoms with van der Waals surface area (Å²) in [5, 5.41) is 4.46. The summed E-state index contributed by atoms with van der Waals surface area (Å²) in [6.45, 7) is 0. The molecule has 3 nitrogen and oxygen atoms in total. The third kappa shape index (κ3) is 2.35. The van der Waals surface area contributed by atoms with Crippen molar-refractivity contribution in [1.82, 2.24) is 9.78 Å². The van der Waals surface area contributed by atoms with Crippen LogP contribution in [0.2, 0.25) is 5.02 Å². The maximum absolute atomic E-state index is 12.5. The molecule has 2 aromatic rings. The fourth-order valence-corrected chi connectivity index (χ4v) is 4.01. The minimum Gasteiger partial charge on any atom is -0.286 e. The molecule has 19 heavy (non-hydrogen) atoms. The number of fused-ring (bicyclic) bond motifs is 1. The van der Waals surface area contributed by atoms with E-state index >= 15 is 0 Å². The number of carbonyl (C=O) groups is 1. The molecule has 1 aliphatic rings. The van der Waals surface area contributed by atoms with Crippen molar-refractivity contribution in [3.8, 4) is 0 Å². The van der Waals surface area contributed by atoms with Gasteiger partial charge in [0.15, 0.2) is 0 Å². The largest absolute Gasteiger partial charge is 0.286 e. The molecule has 0 saturated carbocycles. The monoisotopic (exact) mass is 294 g/mol. The third-order valence-corrected chi connectivity index (χ3v) is 5.09. The van der Waals surface area contributed by atoms with Crippen LogP contribution in [0.15, 0.2) is 12.3 Å². The summed E-state index contributed by atoms with van der Waals surface area (Å²) in [7, 11) is 1.75. The molecule has 0 aliphatic heterocycles. The number of hydrogen-bond acceptors (Lipinski definition) is 3. The molecule has 1 aliphatic carbocycles. The molecule has 0 fully saturated rings. The Kier molecular flexibility index (Phi) is 3.46. The van der Waals surface area contributed by atoms with Crippen molar-refractivity contribution < 1.29 is 4.79 Å². The molecule has 0 bridgehead atoms. The molecule has 2 aromatic heterocycles. The standard InChI is InChI=1S/C14H15ClN2OS/c1-17-13(10(15)8-16-17)14(18)12-7-9-5-3-2-4-6-11(9)19-12/h7-8H,2-6H2,1H3. The van der Waals surface area contributed by atoms with E-state index in [1.54, 1.807) is 23.1 Å². The molecule has 0 unspecified atom stereocenters. The van der Waals surface area contributed by atoms with E-state index in [0.717, 1.165) is 17.7 Å². The molecule has 3 rings (SSSR count). The van der Waals surface area contributed by atoms with E-state index < -0.39 is 0 Å². The van der Waals surface area contributed by atoms with Gasteiger partial charge in [-0.1, -0.05) is 18.0 Å². The average Bonchev–Trinajstić information content (AvgIpc) is 2.86. The molecular formula is C14H15ClN2OS. The Morgan fingerprint density at radius 2 is 2.16 bits per heavy atom. The van der Waals surface area contributed by atoms with Gasteiger partial charge < -0.3 is 0 Å². The fourth-order valence-electron chi connectivity index (χ4n) is 2.56. The summed E-state index contributed by atoms with van der Waals surface area (Å²) in [4.78, 5) is 14.7. The van der Waals surface area contributed by atoms with Crippen LogP contribution in [0.25, 0.3) is 0 Å². The predicted octanol–water partition coefficient (Wildman–Crippen LogP) is 3.63. The normalized spacial score (nSPS) is 15.1. The zero-order valence-electron chi connectivity index (χ0n) is 10.8. The molecule has 0 aromatic carbocycles. The SMILES string of the molecule is Cn1ncc(Cl)c1C(=O)c1cc2c(s1)CCCCC2. The van der Waals surface area contributed by atoms with Gasteiger partial charge in [0.05, 0.1) is 16.1 Å². The topological polar surface area (TPSA) is 34.9 Å². The van der Waals surface area contributed by atoms with Gasteiger partial charge >= 0.3 is 0 Å². The molecule has 0 radical (unpaired) electrons. The van der Waals surface area contributed by atoms with Crippen LogP contribution in [-0.2, 0) is 19.9 Å². The summed E-state index contributed by atoms with van der Waals surface area (Å²) in [5.41, 5.74) is 1.84. The van der Waals surface area contributed by atoms with Crippen LogP contribution in [0, 0.1) is 0 Å². The molecular weight excluding hydrogens is 280 g/mol. The van der Waals surface area contributed by atoms with E-state index in [4.69, 9.17) is 11.6 Å². The molecule has 100 valence electrons. The Labute approximate surface area is 121 Å². The van der Waals surface area contributed by atoms with Gasteiger partial charge in [-0.05, 0) is 37.3 Å². The summed E-state index contributed by atoms with van der Waals surface area (Å²) in [6.07, 6.45) is 7.47. The maximum Gasteiger partial charge on any atom is 0.222 e. The third-order valence-electron chi connectivity index (χ3n) is 3.58. The summed E-state index contributed by atoms with van der Waals surface area (Å²) >= 11 is 7.67. The molecule has 0 atom stereocenters. The number of rotatable bonds is 2. The summed E-state index contributed by atoms with van der Waals surface area (Å²) < 4.78 is 1.55. The molecule has 2 heterocycles. The van der Waals surface area contributed by atoms with Crippen molar-refractivity contribution in [3.63, 3.8) is 0 Å². The number of aryl methyl sites for hydroxylation is 3. The van der Waals surface area contributed by atoms with Crippen LogP contribution in [0.1, 0.15) is 45.1 Å². The van der Waals surface area contributed by atoms with Gasteiger partial charge in [0.25, 0.3) is 0 Å². The molecule has 0 N–H and O–H groups in total. The molecule has 0 saturated heterocycles. The molecule has 5 heteroatoms. The maximum atomic E-state index is 12.5. The van der Waals surface area contributed by atoms with E-state index in [1.807, 2.05) is 0 Å². The van der Waals surface area contributed by atoms with E-state index in [-0.39, 0.29) is 5.78 Å². The first-order valence-electron chi connectivity index (χ1n) is 6.50. The van der Waals surface area contributed by atoms with Crippen LogP contribution < -0.4 is 0 Å². The smallest absolute Gasteiger partial charge is 0.222 e. The van der Waals surface area contributed by atoms with Gasteiger partial charge in [0.1, 0.15) is 5.69 Å². The molecule has 0 spiro atoms. The van der Waals surface area contributed by atoms with Crippen molar-refractivity contribution in [2.75, 3.05) is 0 Å².